The molecule has 110 valence electrons. The van der Waals surface area contributed by atoms with Gasteiger partial charge in [-0.15, -0.1) is 0 Å². The van der Waals surface area contributed by atoms with Crippen molar-refractivity contribution in [3.8, 4) is 5.88 Å². The van der Waals surface area contributed by atoms with Gasteiger partial charge in [0.05, 0.1) is 42.2 Å². The van der Waals surface area contributed by atoms with Gasteiger partial charge in [-0.05, 0) is 28.1 Å². The Labute approximate surface area is 135 Å². The van der Waals surface area contributed by atoms with E-state index in [2.05, 4.69) is 30.8 Å². The largest absolute Gasteiger partial charge is 0.481 e. The summed E-state index contributed by atoms with van der Waals surface area (Å²) in [7, 11) is 1.57. The number of rotatable bonds is 3. The first-order valence-electron chi connectivity index (χ1n) is 6.36. The molecule has 3 rings (SSSR count). The van der Waals surface area contributed by atoms with Gasteiger partial charge in [-0.2, -0.15) is 4.98 Å². The Morgan fingerprint density at radius 3 is 2.90 bits per heavy atom. The fourth-order valence-electron chi connectivity index (χ4n) is 2.42. The molecular weight excluding hydrogens is 358 g/mol. The molecule has 5 nitrogen and oxygen atoms in total. The fourth-order valence-corrected chi connectivity index (χ4v) is 3.02. The third-order valence-electron chi connectivity index (χ3n) is 3.40. The second kappa shape index (κ2) is 5.79. The number of benzene rings is 1. The highest BCUT2D eigenvalue weighted by Gasteiger charge is 2.27. The van der Waals surface area contributed by atoms with E-state index in [0.717, 1.165) is 21.4 Å². The summed E-state index contributed by atoms with van der Waals surface area (Å²) in [5.74, 6) is 0.880. The van der Waals surface area contributed by atoms with Gasteiger partial charge in [0.25, 0.3) is 0 Å². The zero-order chi connectivity index (χ0) is 15.0. The van der Waals surface area contributed by atoms with Crippen molar-refractivity contribution >= 4 is 33.2 Å². The number of fused-ring (bicyclic) bond motifs is 1. The maximum Gasteiger partial charge on any atom is 0.221 e. The molecule has 1 aromatic carbocycles. The van der Waals surface area contributed by atoms with Gasteiger partial charge in [0.15, 0.2) is 5.82 Å². The van der Waals surface area contributed by atoms with Crippen LogP contribution in [0.3, 0.4) is 0 Å². The molecule has 0 amide bonds. The summed E-state index contributed by atoms with van der Waals surface area (Å²) in [5.41, 5.74) is 2.73. The summed E-state index contributed by atoms with van der Waals surface area (Å²) in [6.07, 6.45) is 0. The van der Waals surface area contributed by atoms with Crippen LogP contribution in [0.4, 0.5) is 5.69 Å². The van der Waals surface area contributed by atoms with Crippen LogP contribution in [-0.4, -0.2) is 22.2 Å². The number of anilines is 1. The molecule has 1 aliphatic heterocycles. The minimum absolute atomic E-state index is 0.207. The molecule has 1 N–H and O–H groups in total. The summed E-state index contributed by atoms with van der Waals surface area (Å²) < 4.78 is 6.16. The van der Waals surface area contributed by atoms with Crippen molar-refractivity contribution in [1.82, 2.24) is 9.97 Å². The molecule has 0 saturated carbocycles. The molecule has 0 aliphatic carbocycles. The highest BCUT2D eigenvalue weighted by molar-refractivity contribution is 9.10. The number of halogens is 2. The number of hydrogen-bond acceptors (Lipinski definition) is 5. The molecule has 0 unspecified atom stereocenters. The number of hydrogen-bond donors (Lipinski definition) is 1. The van der Waals surface area contributed by atoms with Gasteiger partial charge in [-0.1, -0.05) is 17.7 Å². The number of nitrogens with zero attached hydrogens (tertiary/aromatic N) is 3. The average Bonchev–Trinajstić information content (AvgIpc) is 2.92. The molecule has 0 atom stereocenters. The van der Waals surface area contributed by atoms with Gasteiger partial charge in [-0.25, -0.2) is 4.98 Å². The molecule has 21 heavy (non-hydrogen) atoms. The average molecular weight is 371 g/mol. The Balaban J connectivity index is 1.99. The van der Waals surface area contributed by atoms with Gasteiger partial charge in [0.1, 0.15) is 6.61 Å². The fraction of sp³-hybridized carbons (Fsp3) is 0.286. The molecule has 0 saturated heterocycles. The van der Waals surface area contributed by atoms with E-state index in [-0.39, 0.29) is 6.61 Å². The first-order valence-corrected chi connectivity index (χ1v) is 7.53. The van der Waals surface area contributed by atoms with Crippen LogP contribution in [0.25, 0.3) is 0 Å². The molecule has 0 radical (unpaired) electrons. The quantitative estimate of drug-likeness (QED) is 0.900. The Kier molecular flexibility index (Phi) is 4.01. The summed E-state index contributed by atoms with van der Waals surface area (Å²) >= 11 is 9.79. The van der Waals surface area contributed by atoms with Crippen molar-refractivity contribution in [2.45, 2.75) is 19.7 Å². The lowest BCUT2D eigenvalue weighted by atomic mass is 10.2. The standard InChI is InChI=1S/C14H13BrClN3O2/c1-21-14-8-5-19(6-10(8)17-12(7-20)18-14)11-4-2-3-9(15)13(11)16/h2-4,20H,5-7H2,1H3. The minimum atomic E-state index is -0.207. The Bertz CT molecular complexity index is 696. The van der Waals surface area contributed by atoms with Crippen molar-refractivity contribution in [3.05, 3.63) is 44.8 Å². The van der Waals surface area contributed by atoms with Gasteiger partial charge >= 0.3 is 0 Å². The molecule has 1 aromatic heterocycles. The monoisotopic (exact) mass is 369 g/mol. The number of aromatic nitrogens is 2. The molecule has 0 spiro atoms. The van der Waals surface area contributed by atoms with Gasteiger partial charge in [0, 0.05) is 4.47 Å². The zero-order valence-corrected chi connectivity index (χ0v) is 13.6. The van der Waals surface area contributed by atoms with Gasteiger partial charge in [-0.3, -0.25) is 0 Å². The predicted molar refractivity (Wildman–Crippen MR) is 83.5 cm³/mol. The lowest BCUT2D eigenvalue weighted by Crippen LogP contribution is -2.15. The lowest BCUT2D eigenvalue weighted by Gasteiger charge is -2.19. The SMILES string of the molecule is COc1nc(CO)nc2c1CN(c1cccc(Br)c1Cl)C2. The molecule has 0 bridgehead atoms. The van der Waals surface area contributed by atoms with Crippen molar-refractivity contribution in [1.29, 1.82) is 0 Å². The third-order valence-corrected chi connectivity index (χ3v) is 4.68. The highest BCUT2D eigenvalue weighted by Crippen LogP contribution is 2.38. The Morgan fingerprint density at radius 1 is 1.38 bits per heavy atom. The van der Waals surface area contributed by atoms with Crippen LogP contribution in [0.2, 0.25) is 5.02 Å². The number of ether oxygens (including phenoxy) is 1. The number of methoxy groups -OCH3 is 1. The van der Waals surface area contributed by atoms with Gasteiger partial charge in [0.2, 0.25) is 5.88 Å². The zero-order valence-electron chi connectivity index (χ0n) is 11.3. The first kappa shape index (κ1) is 14.6. The van der Waals surface area contributed by atoms with Crippen molar-refractivity contribution in [2.24, 2.45) is 0 Å². The van der Waals surface area contributed by atoms with Crippen LogP contribution in [0.5, 0.6) is 5.88 Å². The molecular formula is C14H13BrClN3O2. The summed E-state index contributed by atoms with van der Waals surface area (Å²) in [6.45, 7) is 1.03. The van der Waals surface area contributed by atoms with E-state index in [4.69, 9.17) is 16.3 Å². The molecule has 2 aromatic rings. The number of aliphatic hydroxyl groups excluding tert-OH is 1. The van der Waals surface area contributed by atoms with E-state index in [1.807, 2.05) is 18.2 Å². The second-order valence-electron chi connectivity index (χ2n) is 4.66. The van der Waals surface area contributed by atoms with Crippen LogP contribution >= 0.6 is 27.5 Å². The topological polar surface area (TPSA) is 58.5 Å². The Hall–Kier alpha value is -1.37. The normalized spacial score (nSPS) is 13.4. The lowest BCUT2D eigenvalue weighted by molar-refractivity contribution is 0.267. The maximum atomic E-state index is 9.23. The van der Waals surface area contributed by atoms with Crippen molar-refractivity contribution < 1.29 is 9.84 Å². The summed E-state index contributed by atoms with van der Waals surface area (Å²) in [5, 5.41) is 9.90. The van der Waals surface area contributed by atoms with E-state index in [0.29, 0.717) is 29.8 Å². The van der Waals surface area contributed by atoms with E-state index < -0.39 is 0 Å². The van der Waals surface area contributed by atoms with E-state index in [1.165, 1.54) is 0 Å². The van der Waals surface area contributed by atoms with Crippen LogP contribution in [0.15, 0.2) is 22.7 Å². The molecule has 2 heterocycles. The molecule has 0 fully saturated rings. The van der Waals surface area contributed by atoms with Crippen molar-refractivity contribution in [3.63, 3.8) is 0 Å². The first-order chi connectivity index (χ1) is 10.1. The predicted octanol–water partition coefficient (Wildman–Crippen LogP) is 2.91. The van der Waals surface area contributed by atoms with Crippen LogP contribution in [0, 0.1) is 0 Å². The second-order valence-corrected chi connectivity index (χ2v) is 5.89. The third kappa shape index (κ3) is 2.59. The van der Waals surface area contributed by atoms with E-state index in [1.54, 1.807) is 7.11 Å². The van der Waals surface area contributed by atoms with Crippen molar-refractivity contribution in [2.75, 3.05) is 12.0 Å². The van der Waals surface area contributed by atoms with Gasteiger partial charge < -0.3 is 14.7 Å². The smallest absolute Gasteiger partial charge is 0.221 e. The molecule has 7 heteroatoms. The van der Waals surface area contributed by atoms with E-state index in [9.17, 15) is 5.11 Å². The summed E-state index contributed by atoms with van der Waals surface area (Å²) in [6, 6.07) is 5.81. The Morgan fingerprint density at radius 2 is 2.19 bits per heavy atom. The minimum Gasteiger partial charge on any atom is -0.481 e. The van der Waals surface area contributed by atoms with E-state index >= 15 is 0 Å². The highest BCUT2D eigenvalue weighted by atomic mass is 79.9. The number of aliphatic hydroxyl groups is 1. The van der Waals surface area contributed by atoms with Crippen LogP contribution < -0.4 is 9.64 Å². The van der Waals surface area contributed by atoms with Crippen LogP contribution in [0.1, 0.15) is 17.1 Å². The van der Waals surface area contributed by atoms with Crippen LogP contribution in [-0.2, 0) is 19.7 Å². The summed E-state index contributed by atoms with van der Waals surface area (Å²) in [4.78, 5) is 10.7. The molecule has 1 aliphatic rings. The maximum absolute atomic E-state index is 9.23.